The van der Waals surface area contributed by atoms with Gasteiger partial charge in [0.1, 0.15) is 6.10 Å². The minimum atomic E-state index is -0.595. The maximum absolute atomic E-state index is 10.4. The molecule has 100 valence electrons. The summed E-state index contributed by atoms with van der Waals surface area (Å²) in [4.78, 5) is 8.63. The van der Waals surface area contributed by atoms with Crippen LogP contribution in [0.25, 0.3) is 10.9 Å². The minimum absolute atomic E-state index is 0.543. The Bertz CT molecular complexity index is 734. The van der Waals surface area contributed by atoms with E-state index in [1.54, 1.807) is 12.4 Å². The number of rotatable bonds is 3. The highest BCUT2D eigenvalue weighted by molar-refractivity contribution is 5.81. The molecule has 2 heterocycles. The van der Waals surface area contributed by atoms with Crippen LogP contribution in [0.5, 0.6) is 0 Å². The summed E-state index contributed by atoms with van der Waals surface area (Å²) in [7, 11) is 0. The number of aryl methyl sites for hydroxylation is 1. The van der Waals surface area contributed by atoms with Crippen molar-refractivity contribution in [3.63, 3.8) is 0 Å². The Hall–Kier alpha value is -2.26. The van der Waals surface area contributed by atoms with E-state index in [9.17, 15) is 5.11 Å². The molecule has 0 saturated heterocycles. The van der Waals surface area contributed by atoms with Crippen molar-refractivity contribution < 1.29 is 5.11 Å². The summed E-state index contributed by atoms with van der Waals surface area (Å²) in [5.41, 5.74) is 3.80. The number of hydrogen-bond donors (Lipinski definition) is 1. The maximum Gasteiger partial charge on any atom is 0.100 e. The third-order valence-electron chi connectivity index (χ3n) is 3.52. The Morgan fingerprint density at radius 2 is 1.85 bits per heavy atom. The molecule has 2 aromatic heterocycles. The molecular weight excluding hydrogens is 248 g/mol. The van der Waals surface area contributed by atoms with Gasteiger partial charge in [0.15, 0.2) is 0 Å². The summed E-state index contributed by atoms with van der Waals surface area (Å²) in [6.45, 7) is 1.97. The van der Waals surface area contributed by atoms with E-state index in [0.29, 0.717) is 6.42 Å². The third-order valence-corrected chi connectivity index (χ3v) is 3.52. The summed E-state index contributed by atoms with van der Waals surface area (Å²) >= 11 is 0. The number of pyridine rings is 2. The molecule has 0 saturated carbocycles. The number of hydrogen-bond acceptors (Lipinski definition) is 3. The highest BCUT2D eigenvalue weighted by atomic mass is 16.3. The fourth-order valence-corrected chi connectivity index (χ4v) is 2.48. The van der Waals surface area contributed by atoms with Crippen molar-refractivity contribution in [2.24, 2.45) is 0 Å². The standard InChI is InChI=1S/C17H16N2O/c1-12-5-4-9-19-17(12)16(20)11-13-8-10-18-15-7-3-2-6-14(13)15/h2-10,16,20H,11H2,1H3. The van der Waals surface area contributed by atoms with E-state index in [1.165, 1.54) is 0 Å². The highest BCUT2D eigenvalue weighted by Gasteiger charge is 2.14. The average molecular weight is 264 g/mol. The molecule has 0 fully saturated rings. The Balaban J connectivity index is 1.96. The van der Waals surface area contributed by atoms with Gasteiger partial charge in [-0.1, -0.05) is 24.3 Å². The average Bonchev–Trinajstić information content (AvgIpc) is 2.48. The van der Waals surface area contributed by atoms with Crippen LogP contribution in [0.3, 0.4) is 0 Å². The first-order valence-corrected chi connectivity index (χ1v) is 6.68. The topological polar surface area (TPSA) is 46.0 Å². The van der Waals surface area contributed by atoms with Gasteiger partial charge in [0.2, 0.25) is 0 Å². The third kappa shape index (κ3) is 2.40. The van der Waals surface area contributed by atoms with Crippen molar-refractivity contribution in [1.29, 1.82) is 0 Å². The van der Waals surface area contributed by atoms with Gasteiger partial charge < -0.3 is 5.11 Å². The smallest absolute Gasteiger partial charge is 0.100 e. The zero-order valence-corrected chi connectivity index (χ0v) is 11.3. The van der Waals surface area contributed by atoms with Crippen molar-refractivity contribution >= 4 is 10.9 Å². The van der Waals surface area contributed by atoms with E-state index in [2.05, 4.69) is 9.97 Å². The number of nitrogens with zero attached hydrogens (tertiary/aromatic N) is 2. The van der Waals surface area contributed by atoms with Crippen molar-refractivity contribution in [3.8, 4) is 0 Å². The van der Waals surface area contributed by atoms with Gasteiger partial charge in [-0.3, -0.25) is 9.97 Å². The fourth-order valence-electron chi connectivity index (χ4n) is 2.48. The maximum atomic E-state index is 10.4. The van der Waals surface area contributed by atoms with E-state index in [1.807, 2.05) is 49.4 Å². The van der Waals surface area contributed by atoms with E-state index in [0.717, 1.165) is 27.7 Å². The largest absolute Gasteiger partial charge is 0.386 e. The van der Waals surface area contributed by atoms with Gasteiger partial charge in [0.25, 0.3) is 0 Å². The lowest BCUT2D eigenvalue weighted by molar-refractivity contribution is 0.173. The van der Waals surface area contributed by atoms with Crippen LogP contribution in [0.1, 0.15) is 22.9 Å². The second-order valence-corrected chi connectivity index (χ2v) is 4.91. The molecule has 0 spiro atoms. The lowest BCUT2D eigenvalue weighted by Gasteiger charge is -2.13. The van der Waals surface area contributed by atoms with Crippen LogP contribution in [0, 0.1) is 6.92 Å². The van der Waals surface area contributed by atoms with E-state index in [4.69, 9.17) is 0 Å². The highest BCUT2D eigenvalue weighted by Crippen LogP contribution is 2.23. The Morgan fingerprint density at radius 3 is 2.70 bits per heavy atom. The van der Waals surface area contributed by atoms with Crippen molar-refractivity contribution in [2.45, 2.75) is 19.4 Å². The van der Waals surface area contributed by atoms with Crippen LogP contribution in [0.4, 0.5) is 0 Å². The number of aliphatic hydroxyl groups excluding tert-OH is 1. The predicted molar refractivity (Wildman–Crippen MR) is 79.4 cm³/mol. The van der Waals surface area contributed by atoms with Gasteiger partial charge in [-0.15, -0.1) is 0 Å². The Morgan fingerprint density at radius 1 is 1.00 bits per heavy atom. The molecular formula is C17H16N2O. The minimum Gasteiger partial charge on any atom is -0.386 e. The first-order valence-electron chi connectivity index (χ1n) is 6.68. The summed E-state index contributed by atoms with van der Waals surface area (Å²) < 4.78 is 0. The van der Waals surface area contributed by atoms with Gasteiger partial charge >= 0.3 is 0 Å². The van der Waals surface area contributed by atoms with Crippen molar-refractivity contribution in [1.82, 2.24) is 9.97 Å². The second-order valence-electron chi connectivity index (χ2n) is 4.91. The summed E-state index contributed by atoms with van der Waals surface area (Å²) in [5, 5.41) is 11.5. The van der Waals surface area contributed by atoms with Crippen LogP contribution < -0.4 is 0 Å². The molecule has 0 amide bonds. The number of aliphatic hydroxyl groups is 1. The zero-order chi connectivity index (χ0) is 13.9. The molecule has 0 bridgehead atoms. The van der Waals surface area contributed by atoms with Crippen LogP contribution >= 0.6 is 0 Å². The first kappa shape index (κ1) is 12.8. The molecule has 3 heteroatoms. The van der Waals surface area contributed by atoms with E-state index in [-0.39, 0.29) is 0 Å². The summed E-state index contributed by atoms with van der Waals surface area (Å²) in [6.07, 6.45) is 3.45. The monoisotopic (exact) mass is 264 g/mol. The number of benzene rings is 1. The number of para-hydroxylation sites is 1. The first-order chi connectivity index (χ1) is 9.75. The van der Waals surface area contributed by atoms with Crippen LogP contribution in [-0.2, 0) is 6.42 Å². The van der Waals surface area contributed by atoms with Crippen molar-refractivity contribution in [2.75, 3.05) is 0 Å². The predicted octanol–water partition coefficient (Wildman–Crippen LogP) is 3.21. The molecule has 20 heavy (non-hydrogen) atoms. The lowest BCUT2D eigenvalue weighted by Crippen LogP contribution is -2.06. The molecule has 0 aliphatic carbocycles. The molecule has 0 radical (unpaired) electrons. The normalized spacial score (nSPS) is 12.5. The van der Waals surface area contributed by atoms with Crippen LogP contribution in [0.15, 0.2) is 54.9 Å². The van der Waals surface area contributed by atoms with Gasteiger partial charge in [-0.2, -0.15) is 0 Å². The lowest BCUT2D eigenvalue weighted by atomic mass is 10.00. The van der Waals surface area contributed by atoms with Crippen LogP contribution in [-0.4, -0.2) is 15.1 Å². The molecule has 3 aromatic rings. The Labute approximate surface area is 117 Å². The molecule has 1 N–H and O–H groups in total. The van der Waals surface area contributed by atoms with Gasteiger partial charge in [-0.25, -0.2) is 0 Å². The molecule has 1 unspecified atom stereocenters. The van der Waals surface area contributed by atoms with Gasteiger partial charge in [-0.05, 0) is 36.2 Å². The van der Waals surface area contributed by atoms with Gasteiger partial charge in [0.05, 0.1) is 11.2 Å². The molecule has 1 atom stereocenters. The number of aromatic nitrogens is 2. The SMILES string of the molecule is Cc1cccnc1C(O)Cc1ccnc2ccccc12. The van der Waals surface area contributed by atoms with Crippen molar-refractivity contribution in [3.05, 3.63) is 71.7 Å². The zero-order valence-electron chi connectivity index (χ0n) is 11.3. The molecule has 3 rings (SSSR count). The summed E-state index contributed by atoms with van der Waals surface area (Å²) in [5.74, 6) is 0. The summed E-state index contributed by atoms with van der Waals surface area (Å²) in [6, 6.07) is 13.8. The fraction of sp³-hybridized carbons (Fsp3) is 0.176. The Kier molecular flexibility index (Phi) is 3.44. The molecule has 3 nitrogen and oxygen atoms in total. The van der Waals surface area contributed by atoms with E-state index < -0.39 is 6.10 Å². The molecule has 0 aliphatic heterocycles. The van der Waals surface area contributed by atoms with E-state index >= 15 is 0 Å². The molecule has 0 aliphatic rings. The van der Waals surface area contributed by atoms with Crippen LogP contribution in [0.2, 0.25) is 0 Å². The molecule has 1 aromatic carbocycles. The second kappa shape index (κ2) is 5.39. The number of fused-ring (bicyclic) bond motifs is 1. The quantitative estimate of drug-likeness (QED) is 0.790. The van der Waals surface area contributed by atoms with Gasteiger partial charge in [0, 0.05) is 24.2 Å².